The van der Waals surface area contributed by atoms with Gasteiger partial charge in [0.2, 0.25) is 11.9 Å². The van der Waals surface area contributed by atoms with E-state index < -0.39 is 0 Å². The second kappa shape index (κ2) is 4.31. The van der Waals surface area contributed by atoms with Crippen LogP contribution in [-0.4, -0.2) is 45.5 Å². The first-order chi connectivity index (χ1) is 10.2. The first-order valence-electron chi connectivity index (χ1n) is 7.14. The van der Waals surface area contributed by atoms with Crippen molar-refractivity contribution in [2.75, 3.05) is 30.3 Å². The number of nitrogens with two attached hydrogens (primary N) is 1. The highest BCUT2D eigenvalue weighted by Gasteiger charge is 2.41. The Hall–Kier alpha value is -2.38. The zero-order chi connectivity index (χ0) is 14.4. The van der Waals surface area contributed by atoms with Crippen LogP contribution in [0.3, 0.4) is 0 Å². The van der Waals surface area contributed by atoms with Gasteiger partial charge >= 0.3 is 0 Å². The average molecular weight is 287 g/mol. The minimum atomic E-state index is 0.124. The Balaban J connectivity index is 1.60. The van der Waals surface area contributed by atoms with Gasteiger partial charge in [0.05, 0.1) is 6.33 Å². The molecule has 0 aromatic carbocycles. The van der Waals surface area contributed by atoms with E-state index >= 15 is 0 Å². The molecule has 8 nitrogen and oxygen atoms in total. The van der Waals surface area contributed by atoms with E-state index in [1.165, 1.54) is 0 Å². The van der Waals surface area contributed by atoms with E-state index in [-0.39, 0.29) is 17.3 Å². The van der Waals surface area contributed by atoms with Crippen LogP contribution in [-0.2, 0) is 4.79 Å². The van der Waals surface area contributed by atoms with Crippen molar-refractivity contribution in [1.29, 1.82) is 0 Å². The summed E-state index contributed by atoms with van der Waals surface area (Å²) in [6.07, 6.45) is 4.20. The molecule has 0 bridgehead atoms. The van der Waals surface area contributed by atoms with E-state index in [0.717, 1.165) is 43.8 Å². The summed E-state index contributed by atoms with van der Waals surface area (Å²) in [6, 6.07) is 0. The van der Waals surface area contributed by atoms with Gasteiger partial charge in [0, 0.05) is 26.1 Å². The fourth-order valence-corrected chi connectivity index (χ4v) is 3.36. The molecular formula is C13H17N7O. The van der Waals surface area contributed by atoms with Crippen LogP contribution in [0.5, 0.6) is 0 Å². The highest BCUT2D eigenvalue weighted by Crippen LogP contribution is 2.39. The number of nitrogens with one attached hydrogen (secondary N) is 2. The second-order valence-electron chi connectivity index (χ2n) is 5.95. The lowest BCUT2D eigenvalue weighted by Crippen LogP contribution is -2.41. The summed E-state index contributed by atoms with van der Waals surface area (Å²) >= 11 is 0. The van der Waals surface area contributed by atoms with Crippen LogP contribution in [0.1, 0.15) is 19.3 Å². The van der Waals surface area contributed by atoms with Gasteiger partial charge in [-0.25, -0.2) is 4.98 Å². The molecule has 1 amide bonds. The Bertz CT molecular complexity index is 702. The highest BCUT2D eigenvalue weighted by atomic mass is 16.1. The Morgan fingerprint density at radius 2 is 2.10 bits per heavy atom. The van der Waals surface area contributed by atoms with Gasteiger partial charge < -0.3 is 20.9 Å². The molecule has 2 aliphatic heterocycles. The number of amides is 1. The first kappa shape index (κ1) is 12.4. The first-order valence-corrected chi connectivity index (χ1v) is 7.14. The maximum absolute atomic E-state index is 11.5. The molecule has 2 aromatic rings. The molecule has 0 atom stereocenters. The third-order valence-electron chi connectivity index (χ3n) is 4.60. The van der Waals surface area contributed by atoms with E-state index in [2.05, 4.69) is 30.2 Å². The lowest BCUT2D eigenvalue weighted by Gasteiger charge is -2.38. The predicted octanol–water partition coefficient (Wildman–Crippen LogP) is 0.0416. The number of nitrogen functional groups attached to an aromatic ring is 1. The maximum atomic E-state index is 11.5. The third kappa shape index (κ3) is 1.98. The molecule has 2 saturated heterocycles. The number of piperidine rings is 1. The van der Waals surface area contributed by atoms with Crippen molar-refractivity contribution in [2.45, 2.75) is 19.3 Å². The van der Waals surface area contributed by atoms with Crippen LogP contribution in [0.15, 0.2) is 6.33 Å². The zero-order valence-electron chi connectivity index (χ0n) is 11.6. The molecule has 0 aliphatic carbocycles. The summed E-state index contributed by atoms with van der Waals surface area (Å²) in [4.78, 5) is 29.4. The molecule has 0 unspecified atom stereocenters. The smallest absolute Gasteiger partial charge is 0.224 e. The monoisotopic (exact) mass is 287 g/mol. The number of hydrogen-bond acceptors (Lipinski definition) is 6. The van der Waals surface area contributed by atoms with Crippen LogP contribution in [0, 0.1) is 5.41 Å². The molecule has 0 radical (unpaired) electrons. The number of aromatic nitrogens is 4. The Morgan fingerprint density at radius 1 is 1.29 bits per heavy atom. The standard InChI is InChI=1S/C13H17N7O/c14-12-18-10-9(16-7-17-10)11(19-12)20-3-1-13(2-4-20)5-8(21)15-6-13/h7H,1-6H2,(H,15,21)(H3,14,16,17,18,19). The van der Waals surface area contributed by atoms with E-state index in [9.17, 15) is 4.79 Å². The minimum Gasteiger partial charge on any atom is -0.368 e. The quantitative estimate of drug-likeness (QED) is 0.682. The number of aromatic amines is 1. The van der Waals surface area contributed by atoms with Gasteiger partial charge in [-0.1, -0.05) is 0 Å². The summed E-state index contributed by atoms with van der Waals surface area (Å²) in [5.41, 5.74) is 7.30. The number of imidazole rings is 1. The number of anilines is 2. The molecule has 4 heterocycles. The highest BCUT2D eigenvalue weighted by molar-refractivity contribution is 5.84. The maximum Gasteiger partial charge on any atom is 0.224 e. The van der Waals surface area contributed by atoms with Crippen molar-refractivity contribution in [3.63, 3.8) is 0 Å². The van der Waals surface area contributed by atoms with E-state index in [1.807, 2.05) is 0 Å². The van der Waals surface area contributed by atoms with Crippen LogP contribution >= 0.6 is 0 Å². The Labute approximate surface area is 121 Å². The van der Waals surface area contributed by atoms with Crippen molar-refractivity contribution in [2.24, 2.45) is 5.41 Å². The van der Waals surface area contributed by atoms with Gasteiger partial charge in [-0.2, -0.15) is 9.97 Å². The summed E-state index contributed by atoms with van der Waals surface area (Å²) in [7, 11) is 0. The number of nitrogens with zero attached hydrogens (tertiary/aromatic N) is 4. The molecular weight excluding hydrogens is 270 g/mol. The molecule has 110 valence electrons. The van der Waals surface area contributed by atoms with Gasteiger partial charge in [0.25, 0.3) is 0 Å². The van der Waals surface area contributed by atoms with Gasteiger partial charge in [0.1, 0.15) is 5.52 Å². The van der Waals surface area contributed by atoms with E-state index in [4.69, 9.17) is 5.73 Å². The van der Waals surface area contributed by atoms with Crippen molar-refractivity contribution >= 4 is 28.8 Å². The third-order valence-corrected chi connectivity index (χ3v) is 4.60. The van der Waals surface area contributed by atoms with Crippen LogP contribution in [0.2, 0.25) is 0 Å². The van der Waals surface area contributed by atoms with Gasteiger partial charge in [-0.3, -0.25) is 4.79 Å². The van der Waals surface area contributed by atoms with Crippen LogP contribution < -0.4 is 16.0 Å². The predicted molar refractivity (Wildman–Crippen MR) is 77.6 cm³/mol. The number of hydrogen-bond donors (Lipinski definition) is 3. The molecule has 2 aromatic heterocycles. The molecule has 4 N–H and O–H groups in total. The number of H-pyrrole nitrogens is 1. The van der Waals surface area contributed by atoms with E-state index in [1.54, 1.807) is 6.33 Å². The van der Waals surface area contributed by atoms with Crippen LogP contribution in [0.25, 0.3) is 11.2 Å². The molecule has 4 rings (SSSR count). The number of carbonyl (C=O) groups is 1. The number of fused-ring (bicyclic) bond motifs is 1. The second-order valence-corrected chi connectivity index (χ2v) is 5.95. The van der Waals surface area contributed by atoms with E-state index in [0.29, 0.717) is 12.1 Å². The topological polar surface area (TPSA) is 113 Å². The summed E-state index contributed by atoms with van der Waals surface area (Å²) in [6.45, 7) is 2.52. The van der Waals surface area contributed by atoms with Crippen LogP contribution in [0.4, 0.5) is 11.8 Å². The van der Waals surface area contributed by atoms with Crippen molar-refractivity contribution in [1.82, 2.24) is 25.3 Å². The molecule has 8 heteroatoms. The molecule has 2 aliphatic rings. The zero-order valence-corrected chi connectivity index (χ0v) is 11.6. The SMILES string of the molecule is Nc1nc(N2CCC3(CC2)CNC(=O)C3)c2[nH]cnc2n1. The van der Waals surface area contributed by atoms with Gasteiger partial charge in [-0.15, -0.1) is 0 Å². The lowest BCUT2D eigenvalue weighted by molar-refractivity contribution is -0.119. The largest absolute Gasteiger partial charge is 0.368 e. The number of carbonyl (C=O) groups excluding carboxylic acids is 1. The summed E-state index contributed by atoms with van der Waals surface area (Å²) in [5.74, 6) is 1.22. The molecule has 0 saturated carbocycles. The molecule has 2 fully saturated rings. The lowest BCUT2D eigenvalue weighted by atomic mass is 9.77. The summed E-state index contributed by atoms with van der Waals surface area (Å²) < 4.78 is 0. The fraction of sp³-hybridized carbons (Fsp3) is 0.538. The van der Waals surface area contributed by atoms with Gasteiger partial charge in [-0.05, 0) is 18.3 Å². The molecule has 1 spiro atoms. The minimum absolute atomic E-state index is 0.124. The normalized spacial score (nSPS) is 21.1. The van der Waals surface area contributed by atoms with Gasteiger partial charge in [0.15, 0.2) is 11.5 Å². The average Bonchev–Trinajstić information content (AvgIpc) is 3.06. The Kier molecular flexibility index (Phi) is 2.54. The van der Waals surface area contributed by atoms with Crippen molar-refractivity contribution < 1.29 is 4.79 Å². The number of rotatable bonds is 1. The summed E-state index contributed by atoms with van der Waals surface area (Å²) in [5, 5.41) is 2.95. The Morgan fingerprint density at radius 3 is 2.81 bits per heavy atom. The fourth-order valence-electron chi connectivity index (χ4n) is 3.36. The van der Waals surface area contributed by atoms with Crippen molar-refractivity contribution in [3.05, 3.63) is 6.33 Å². The van der Waals surface area contributed by atoms with Crippen molar-refractivity contribution in [3.8, 4) is 0 Å². The molecule has 21 heavy (non-hydrogen) atoms.